The SMILES string of the molecule is CCC1OC(=O)[C@H](C)[C@@H](O)[C@@H](C)C[C@@H](C)C(=O)CC[C@H]1C. The molecule has 6 atom stereocenters. The van der Waals surface area contributed by atoms with Gasteiger partial charge >= 0.3 is 5.97 Å². The lowest BCUT2D eigenvalue weighted by Crippen LogP contribution is -2.37. The molecule has 0 aromatic rings. The summed E-state index contributed by atoms with van der Waals surface area (Å²) in [4.78, 5) is 24.4. The van der Waals surface area contributed by atoms with Crippen LogP contribution in [0.15, 0.2) is 0 Å². The molecule has 1 N–H and O–H groups in total. The molecule has 0 aromatic heterocycles. The Morgan fingerprint density at radius 1 is 1.14 bits per heavy atom. The highest BCUT2D eigenvalue weighted by Crippen LogP contribution is 2.27. The van der Waals surface area contributed by atoms with Gasteiger partial charge < -0.3 is 9.84 Å². The van der Waals surface area contributed by atoms with Gasteiger partial charge in [-0.05, 0) is 38.0 Å². The molecular formula is C17H30O4. The van der Waals surface area contributed by atoms with Crippen LogP contribution in [0, 0.1) is 23.7 Å². The molecule has 0 bridgehead atoms. The third-order valence-electron chi connectivity index (χ3n) is 4.89. The van der Waals surface area contributed by atoms with Crippen LogP contribution in [0.5, 0.6) is 0 Å². The Bertz CT molecular complexity index is 366. The second kappa shape index (κ2) is 7.92. The first-order chi connectivity index (χ1) is 9.77. The van der Waals surface area contributed by atoms with E-state index >= 15 is 0 Å². The first kappa shape index (κ1) is 18.1. The van der Waals surface area contributed by atoms with Gasteiger partial charge in [-0.15, -0.1) is 0 Å². The summed E-state index contributed by atoms with van der Waals surface area (Å²) in [6, 6.07) is 0. The second-order valence-corrected chi connectivity index (χ2v) is 6.76. The molecule has 4 heteroatoms. The molecule has 1 rings (SSSR count). The number of rotatable bonds is 1. The van der Waals surface area contributed by atoms with Crippen LogP contribution in [0.2, 0.25) is 0 Å². The van der Waals surface area contributed by atoms with Gasteiger partial charge in [0, 0.05) is 12.3 Å². The number of aliphatic hydroxyl groups excluding tert-OH is 1. The first-order valence-electron chi connectivity index (χ1n) is 8.19. The van der Waals surface area contributed by atoms with E-state index in [0.29, 0.717) is 12.8 Å². The average molecular weight is 298 g/mol. The minimum atomic E-state index is -0.764. The van der Waals surface area contributed by atoms with Crippen LogP contribution >= 0.6 is 0 Å². The highest BCUT2D eigenvalue weighted by molar-refractivity contribution is 5.80. The predicted octanol–water partition coefficient (Wildman–Crippen LogP) is 2.97. The van der Waals surface area contributed by atoms with Crippen molar-refractivity contribution in [2.75, 3.05) is 0 Å². The van der Waals surface area contributed by atoms with Crippen molar-refractivity contribution in [3.05, 3.63) is 0 Å². The highest BCUT2D eigenvalue weighted by atomic mass is 16.5. The third kappa shape index (κ3) is 4.80. The summed E-state index contributed by atoms with van der Waals surface area (Å²) < 4.78 is 5.57. The maximum atomic E-state index is 12.2. The zero-order chi connectivity index (χ0) is 16.2. The van der Waals surface area contributed by atoms with E-state index in [0.717, 1.165) is 12.8 Å². The van der Waals surface area contributed by atoms with Gasteiger partial charge in [0.2, 0.25) is 0 Å². The third-order valence-corrected chi connectivity index (χ3v) is 4.89. The van der Waals surface area contributed by atoms with Crippen LogP contribution < -0.4 is 0 Å². The summed E-state index contributed by atoms with van der Waals surface area (Å²) in [5.41, 5.74) is 0. The smallest absolute Gasteiger partial charge is 0.311 e. The van der Waals surface area contributed by atoms with Crippen molar-refractivity contribution in [1.82, 2.24) is 0 Å². The van der Waals surface area contributed by atoms with Gasteiger partial charge in [0.1, 0.15) is 11.9 Å². The molecule has 0 radical (unpaired) electrons. The standard InChI is InChI=1S/C17H30O4/c1-6-15-10(2)7-8-14(18)11(3)9-12(4)16(19)13(5)17(20)21-15/h10-13,15-16,19H,6-9H2,1-5H3/t10-,11-,12+,13-,15?,16+/m1/s1. The fourth-order valence-electron chi connectivity index (χ4n) is 3.12. The van der Waals surface area contributed by atoms with Crippen LogP contribution in [0.1, 0.15) is 60.3 Å². The number of carbonyl (C=O) groups excluding carboxylic acids is 2. The average Bonchev–Trinajstić information content (AvgIpc) is 2.46. The number of esters is 1. The molecule has 122 valence electrons. The topological polar surface area (TPSA) is 63.6 Å². The largest absolute Gasteiger partial charge is 0.462 e. The summed E-state index contributed by atoms with van der Waals surface area (Å²) in [6.07, 6.45) is 1.68. The van der Waals surface area contributed by atoms with Crippen molar-refractivity contribution in [1.29, 1.82) is 0 Å². The fraction of sp³-hybridized carbons (Fsp3) is 0.882. The van der Waals surface area contributed by atoms with Gasteiger partial charge in [-0.3, -0.25) is 9.59 Å². The fourth-order valence-corrected chi connectivity index (χ4v) is 3.12. The maximum absolute atomic E-state index is 12.2. The zero-order valence-corrected chi connectivity index (χ0v) is 14.0. The van der Waals surface area contributed by atoms with Gasteiger partial charge in [-0.25, -0.2) is 0 Å². The molecule has 21 heavy (non-hydrogen) atoms. The molecule has 0 saturated carbocycles. The van der Waals surface area contributed by atoms with E-state index in [1.54, 1.807) is 6.92 Å². The molecule has 0 aromatic carbocycles. The van der Waals surface area contributed by atoms with Gasteiger partial charge in [0.05, 0.1) is 12.0 Å². The molecule has 4 nitrogen and oxygen atoms in total. The Morgan fingerprint density at radius 2 is 1.76 bits per heavy atom. The summed E-state index contributed by atoms with van der Waals surface area (Å²) in [6.45, 7) is 9.52. The summed E-state index contributed by atoms with van der Waals surface area (Å²) in [7, 11) is 0. The number of hydrogen-bond acceptors (Lipinski definition) is 4. The van der Waals surface area contributed by atoms with Crippen LogP contribution in [0.25, 0.3) is 0 Å². The quantitative estimate of drug-likeness (QED) is 0.756. The van der Waals surface area contributed by atoms with Crippen molar-refractivity contribution >= 4 is 11.8 Å². The zero-order valence-electron chi connectivity index (χ0n) is 14.0. The van der Waals surface area contributed by atoms with E-state index in [2.05, 4.69) is 0 Å². The summed E-state index contributed by atoms with van der Waals surface area (Å²) >= 11 is 0. The molecule has 1 heterocycles. The molecule has 1 aliphatic heterocycles. The van der Waals surface area contributed by atoms with Crippen LogP contribution in [-0.2, 0) is 14.3 Å². The minimum Gasteiger partial charge on any atom is -0.462 e. The number of hydrogen-bond donors (Lipinski definition) is 1. The van der Waals surface area contributed by atoms with E-state index in [1.807, 2.05) is 27.7 Å². The normalized spacial score (nSPS) is 40.1. The Balaban J connectivity index is 2.93. The highest BCUT2D eigenvalue weighted by Gasteiger charge is 2.33. The van der Waals surface area contributed by atoms with E-state index in [9.17, 15) is 14.7 Å². The molecule has 0 aliphatic carbocycles. The number of ketones is 1. The second-order valence-electron chi connectivity index (χ2n) is 6.76. The lowest BCUT2D eigenvalue weighted by molar-refractivity contribution is -0.161. The molecule has 1 aliphatic rings. The van der Waals surface area contributed by atoms with Gasteiger partial charge in [-0.2, -0.15) is 0 Å². The summed E-state index contributed by atoms with van der Waals surface area (Å²) in [5.74, 6) is -0.629. The number of ether oxygens (including phenoxy) is 1. The number of cyclic esters (lactones) is 1. The minimum absolute atomic E-state index is 0.0652. The van der Waals surface area contributed by atoms with E-state index in [-0.39, 0.29) is 35.6 Å². The van der Waals surface area contributed by atoms with E-state index < -0.39 is 12.0 Å². The van der Waals surface area contributed by atoms with Gasteiger partial charge in [0.25, 0.3) is 0 Å². The number of carbonyl (C=O) groups is 2. The van der Waals surface area contributed by atoms with Crippen molar-refractivity contribution < 1.29 is 19.4 Å². The molecule has 1 fully saturated rings. The Labute approximate surface area is 128 Å². The monoisotopic (exact) mass is 298 g/mol. The van der Waals surface area contributed by atoms with Crippen molar-refractivity contribution in [3.8, 4) is 0 Å². The van der Waals surface area contributed by atoms with Crippen LogP contribution in [0.4, 0.5) is 0 Å². The number of Topliss-reactive ketones (excluding diaryl/α,β-unsaturated/α-hetero) is 1. The van der Waals surface area contributed by atoms with Crippen molar-refractivity contribution in [3.63, 3.8) is 0 Å². The lowest BCUT2D eigenvalue weighted by Gasteiger charge is -2.30. The van der Waals surface area contributed by atoms with Gasteiger partial charge in [-0.1, -0.05) is 27.7 Å². The van der Waals surface area contributed by atoms with Crippen molar-refractivity contribution in [2.24, 2.45) is 23.7 Å². The molecule has 1 saturated heterocycles. The lowest BCUT2D eigenvalue weighted by atomic mass is 9.83. The van der Waals surface area contributed by atoms with Crippen LogP contribution in [0.3, 0.4) is 0 Å². The Morgan fingerprint density at radius 3 is 2.33 bits per heavy atom. The Kier molecular flexibility index (Phi) is 6.85. The molecule has 0 spiro atoms. The van der Waals surface area contributed by atoms with Gasteiger partial charge in [0.15, 0.2) is 0 Å². The molecular weight excluding hydrogens is 268 g/mol. The Hall–Kier alpha value is -0.900. The first-order valence-corrected chi connectivity index (χ1v) is 8.19. The summed E-state index contributed by atoms with van der Waals surface area (Å²) in [5, 5.41) is 10.3. The van der Waals surface area contributed by atoms with Crippen molar-refractivity contribution in [2.45, 2.75) is 72.5 Å². The van der Waals surface area contributed by atoms with Crippen LogP contribution in [-0.4, -0.2) is 29.1 Å². The maximum Gasteiger partial charge on any atom is 0.311 e. The molecule has 1 unspecified atom stereocenters. The predicted molar refractivity (Wildman–Crippen MR) is 81.7 cm³/mol. The van der Waals surface area contributed by atoms with E-state index in [4.69, 9.17) is 4.74 Å². The van der Waals surface area contributed by atoms with E-state index in [1.165, 1.54) is 0 Å². The molecule has 0 amide bonds. The number of aliphatic hydroxyl groups is 1.